The molecule has 4 nitrogen and oxygen atoms in total. The van der Waals surface area contributed by atoms with Crippen molar-refractivity contribution in [2.75, 3.05) is 7.11 Å². The van der Waals surface area contributed by atoms with Crippen LogP contribution in [0.25, 0.3) is 4.83 Å². The summed E-state index contributed by atoms with van der Waals surface area (Å²) in [5, 5.41) is 0. The van der Waals surface area contributed by atoms with E-state index >= 15 is 0 Å². The van der Waals surface area contributed by atoms with Crippen molar-refractivity contribution in [1.29, 1.82) is 0 Å². The second kappa shape index (κ2) is 3.66. The maximum Gasteiger partial charge on any atom is 0.349 e. The first-order chi connectivity index (χ1) is 7.19. The molecule has 0 saturated carbocycles. The zero-order chi connectivity index (χ0) is 11.0. The lowest BCUT2D eigenvalue weighted by molar-refractivity contribution is 0.0605. The molecule has 2 rings (SSSR count). The van der Waals surface area contributed by atoms with Crippen LogP contribution in [0.2, 0.25) is 0 Å². The number of fused-ring (bicyclic) bond motifs is 1. The Labute approximate surface area is 91.5 Å². The minimum Gasteiger partial charge on any atom is -0.465 e. The van der Waals surface area contributed by atoms with Gasteiger partial charge in [0.15, 0.2) is 0 Å². The highest BCUT2D eigenvalue weighted by molar-refractivity contribution is 7.19. The molecule has 0 saturated heterocycles. The molecule has 0 aliphatic rings. The van der Waals surface area contributed by atoms with Crippen molar-refractivity contribution < 1.29 is 9.53 Å². The summed E-state index contributed by atoms with van der Waals surface area (Å²) in [6, 6.07) is 0. The number of rotatable bonds is 2. The Balaban J connectivity index is 2.65. The van der Waals surface area contributed by atoms with Crippen LogP contribution in [0.5, 0.6) is 0 Å². The quantitative estimate of drug-likeness (QED) is 0.733. The highest BCUT2D eigenvalue weighted by Crippen LogP contribution is 2.25. The molecule has 2 aromatic heterocycles. The van der Waals surface area contributed by atoms with Gasteiger partial charge in [-0.3, -0.25) is 4.40 Å². The number of imidazole rings is 1. The molecule has 2 heterocycles. The summed E-state index contributed by atoms with van der Waals surface area (Å²) in [6.45, 7) is 3.96. The molecule has 0 unspecified atom stereocenters. The first-order valence-corrected chi connectivity index (χ1v) is 5.54. The molecule has 0 spiro atoms. The number of thiazole rings is 1. The fraction of sp³-hybridized carbons (Fsp3) is 0.400. The fourth-order valence-corrected chi connectivity index (χ4v) is 2.67. The molecule has 0 fully saturated rings. The lowest BCUT2D eigenvalue weighted by Gasteiger charge is -1.98. The predicted molar refractivity (Wildman–Crippen MR) is 58.5 cm³/mol. The molecule has 15 heavy (non-hydrogen) atoms. The molecule has 0 atom stereocenters. The number of hydrogen-bond donors (Lipinski definition) is 0. The van der Waals surface area contributed by atoms with Crippen molar-refractivity contribution in [3.05, 3.63) is 22.6 Å². The van der Waals surface area contributed by atoms with Gasteiger partial charge in [-0.25, -0.2) is 9.78 Å². The molecule has 5 heteroatoms. The molecule has 0 aromatic carbocycles. The van der Waals surface area contributed by atoms with Gasteiger partial charge >= 0.3 is 5.97 Å². The molecule has 0 radical (unpaired) electrons. The normalized spacial score (nSPS) is 10.9. The van der Waals surface area contributed by atoms with Gasteiger partial charge in [-0.15, -0.1) is 11.3 Å². The van der Waals surface area contributed by atoms with E-state index < -0.39 is 0 Å². The summed E-state index contributed by atoms with van der Waals surface area (Å²) < 4.78 is 6.74. The zero-order valence-corrected chi connectivity index (χ0v) is 9.72. The first-order valence-electron chi connectivity index (χ1n) is 4.73. The van der Waals surface area contributed by atoms with E-state index in [1.54, 1.807) is 6.20 Å². The van der Waals surface area contributed by atoms with E-state index in [0.717, 1.165) is 22.8 Å². The van der Waals surface area contributed by atoms with E-state index in [-0.39, 0.29) is 5.97 Å². The lowest BCUT2D eigenvalue weighted by Crippen LogP contribution is -2.02. The minimum atomic E-state index is -0.275. The van der Waals surface area contributed by atoms with Crippen molar-refractivity contribution >= 4 is 22.1 Å². The third-order valence-corrected chi connectivity index (χ3v) is 3.52. The average molecular weight is 224 g/mol. The van der Waals surface area contributed by atoms with E-state index in [1.165, 1.54) is 18.4 Å². The highest BCUT2D eigenvalue weighted by Gasteiger charge is 2.17. The number of hydrogen-bond acceptors (Lipinski definition) is 4. The molecule has 0 bridgehead atoms. The average Bonchev–Trinajstić information content (AvgIpc) is 2.78. The van der Waals surface area contributed by atoms with Gasteiger partial charge in [0.2, 0.25) is 0 Å². The van der Waals surface area contributed by atoms with Crippen LogP contribution in [0.1, 0.15) is 28.1 Å². The molecule has 0 aliphatic carbocycles. The Morgan fingerprint density at radius 1 is 1.67 bits per heavy atom. The molecule has 0 N–H and O–H groups in total. The van der Waals surface area contributed by atoms with Crippen molar-refractivity contribution in [3.63, 3.8) is 0 Å². The van der Waals surface area contributed by atoms with Crippen molar-refractivity contribution in [2.24, 2.45) is 0 Å². The minimum absolute atomic E-state index is 0.275. The smallest absolute Gasteiger partial charge is 0.349 e. The molecule has 0 aliphatic heterocycles. The topological polar surface area (TPSA) is 43.6 Å². The van der Waals surface area contributed by atoms with Crippen LogP contribution in [-0.2, 0) is 11.2 Å². The molecule has 0 amide bonds. The predicted octanol–water partition coefficient (Wildman–Crippen LogP) is 2.05. The third kappa shape index (κ3) is 1.43. The van der Waals surface area contributed by atoms with Gasteiger partial charge < -0.3 is 4.74 Å². The van der Waals surface area contributed by atoms with Crippen LogP contribution in [0, 0.1) is 6.92 Å². The van der Waals surface area contributed by atoms with Gasteiger partial charge in [0, 0.05) is 12.1 Å². The van der Waals surface area contributed by atoms with E-state index in [1.807, 2.05) is 18.2 Å². The van der Waals surface area contributed by atoms with E-state index in [0.29, 0.717) is 4.88 Å². The fourth-order valence-electron chi connectivity index (χ4n) is 1.61. The SMILES string of the molecule is CCc1ncc2sc(C(=O)OC)c(C)n12. The third-order valence-electron chi connectivity index (χ3n) is 2.36. The van der Waals surface area contributed by atoms with E-state index in [2.05, 4.69) is 4.98 Å². The van der Waals surface area contributed by atoms with Crippen LogP contribution in [0.4, 0.5) is 0 Å². The molecular weight excluding hydrogens is 212 g/mol. The Kier molecular flexibility index (Phi) is 2.48. The number of ether oxygens (including phenoxy) is 1. The monoisotopic (exact) mass is 224 g/mol. The second-order valence-electron chi connectivity index (χ2n) is 3.21. The summed E-state index contributed by atoms with van der Waals surface area (Å²) in [7, 11) is 1.40. The Bertz CT molecular complexity index is 513. The van der Waals surface area contributed by atoms with Gasteiger partial charge in [-0.05, 0) is 6.92 Å². The highest BCUT2D eigenvalue weighted by atomic mass is 32.1. The number of methoxy groups -OCH3 is 1. The molecular formula is C10H12N2O2S. The second-order valence-corrected chi connectivity index (χ2v) is 4.24. The van der Waals surface area contributed by atoms with E-state index in [4.69, 9.17) is 4.74 Å². The Hall–Kier alpha value is -1.36. The number of nitrogens with zero attached hydrogens (tertiary/aromatic N) is 2. The summed E-state index contributed by atoms with van der Waals surface area (Å²) in [6.07, 6.45) is 2.65. The zero-order valence-electron chi connectivity index (χ0n) is 8.90. The van der Waals surface area contributed by atoms with Crippen LogP contribution in [0.3, 0.4) is 0 Å². The summed E-state index contributed by atoms with van der Waals surface area (Å²) in [4.78, 5) is 17.4. The van der Waals surface area contributed by atoms with Crippen molar-refractivity contribution in [3.8, 4) is 0 Å². The van der Waals surface area contributed by atoms with Crippen LogP contribution >= 0.6 is 11.3 Å². The van der Waals surface area contributed by atoms with Crippen LogP contribution < -0.4 is 0 Å². The summed E-state index contributed by atoms with van der Waals surface area (Å²) in [5.41, 5.74) is 0.913. The maximum atomic E-state index is 11.5. The van der Waals surface area contributed by atoms with Crippen molar-refractivity contribution in [2.45, 2.75) is 20.3 Å². The maximum absolute atomic E-state index is 11.5. The van der Waals surface area contributed by atoms with Crippen molar-refractivity contribution in [1.82, 2.24) is 9.38 Å². The number of carbonyl (C=O) groups is 1. The number of aryl methyl sites for hydroxylation is 2. The van der Waals surface area contributed by atoms with Gasteiger partial charge in [-0.2, -0.15) is 0 Å². The summed E-state index contributed by atoms with van der Waals surface area (Å²) >= 11 is 1.42. The number of aromatic nitrogens is 2. The van der Waals surface area contributed by atoms with Gasteiger partial charge in [0.05, 0.1) is 13.3 Å². The first kappa shape index (κ1) is 10.2. The van der Waals surface area contributed by atoms with Gasteiger partial charge in [-0.1, -0.05) is 6.92 Å². The van der Waals surface area contributed by atoms with E-state index in [9.17, 15) is 4.79 Å². The summed E-state index contributed by atoms with van der Waals surface area (Å²) in [5.74, 6) is 0.706. The largest absolute Gasteiger partial charge is 0.465 e. The Morgan fingerprint density at radius 2 is 2.40 bits per heavy atom. The van der Waals surface area contributed by atoms with Gasteiger partial charge in [0.25, 0.3) is 0 Å². The molecule has 80 valence electrons. The van der Waals surface area contributed by atoms with Crippen LogP contribution in [-0.4, -0.2) is 22.5 Å². The molecule has 2 aromatic rings. The standard InChI is InChI=1S/C10H12N2O2S/c1-4-7-11-5-8-12(7)6(2)9(15-8)10(13)14-3/h5H,4H2,1-3H3. The van der Waals surface area contributed by atoms with Crippen LogP contribution in [0.15, 0.2) is 6.20 Å². The lowest BCUT2D eigenvalue weighted by atomic mass is 10.3. The van der Waals surface area contributed by atoms with Gasteiger partial charge in [0.1, 0.15) is 15.5 Å². The number of carbonyl (C=O) groups excluding carboxylic acids is 1. The number of esters is 1. The Morgan fingerprint density at radius 3 is 3.00 bits per heavy atom.